The van der Waals surface area contributed by atoms with Gasteiger partial charge in [-0.15, -0.1) is 0 Å². The number of aryl methyl sites for hydroxylation is 1. The van der Waals surface area contributed by atoms with Gasteiger partial charge in [0.2, 0.25) is 0 Å². The molecular formula is C17H24N6. The molecule has 0 amide bonds. The van der Waals surface area contributed by atoms with Crippen molar-refractivity contribution in [3.05, 3.63) is 47.6 Å². The highest BCUT2D eigenvalue weighted by Crippen LogP contribution is 2.31. The first kappa shape index (κ1) is 16.0. The van der Waals surface area contributed by atoms with Gasteiger partial charge in [0.05, 0.1) is 11.7 Å². The predicted molar refractivity (Wildman–Crippen MR) is 88.6 cm³/mol. The monoisotopic (exact) mass is 312 g/mol. The molecule has 0 aliphatic carbocycles. The smallest absolute Gasteiger partial charge is 0.145 e. The lowest BCUT2D eigenvalue weighted by Crippen LogP contribution is -2.25. The highest BCUT2D eigenvalue weighted by Gasteiger charge is 2.28. The largest absolute Gasteiger partial charge is 0.304 e. The summed E-state index contributed by atoms with van der Waals surface area (Å²) in [7, 11) is 4.11. The van der Waals surface area contributed by atoms with Crippen LogP contribution < -0.4 is 0 Å². The summed E-state index contributed by atoms with van der Waals surface area (Å²) < 4.78 is 0. The number of aromatic nitrogens is 4. The summed E-state index contributed by atoms with van der Waals surface area (Å²) in [5, 5.41) is 0. The van der Waals surface area contributed by atoms with E-state index in [-0.39, 0.29) is 0 Å². The van der Waals surface area contributed by atoms with Gasteiger partial charge in [-0.3, -0.25) is 4.90 Å². The minimum atomic E-state index is 0.290. The van der Waals surface area contributed by atoms with Crippen LogP contribution in [-0.4, -0.2) is 50.4 Å². The molecule has 2 aromatic heterocycles. The Kier molecular flexibility index (Phi) is 4.93. The first-order valence-electron chi connectivity index (χ1n) is 8.10. The molecular weight excluding hydrogens is 288 g/mol. The molecule has 1 aliphatic heterocycles. The van der Waals surface area contributed by atoms with Gasteiger partial charge in [-0.25, -0.2) is 19.9 Å². The van der Waals surface area contributed by atoms with Gasteiger partial charge >= 0.3 is 0 Å². The lowest BCUT2D eigenvalue weighted by atomic mass is 10.2. The SMILES string of the molecule is Cc1ncc(CN2CCCC2c2nccc(CN(C)C)n2)cn1. The molecule has 1 atom stereocenters. The molecule has 2 aromatic rings. The van der Waals surface area contributed by atoms with Gasteiger partial charge in [0, 0.05) is 37.2 Å². The Morgan fingerprint density at radius 1 is 1.22 bits per heavy atom. The number of likely N-dealkylation sites (tertiary alicyclic amines) is 1. The molecule has 0 aromatic carbocycles. The van der Waals surface area contributed by atoms with Crippen LogP contribution in [0, 0.1) is 6.92 Å². The van der Waals surface area contributed by atoms with Crippen LogP contribution in [-0.2, 0) is 13.1 Å². The minimum Gasteiger partial charge on any atom is -0.304 e. The number of rotatable bonds is 5. The third kappa shape index (κ3) is 4.09. The molecule has 0 spiro atoms. The lowest BCUT2D eigenvalue weighted by Gasteiger charge is -2.23. The maximum Gasteiger partial charge on any atom is 0.145 e. The summed E-state index contributed by atoms with van der Waals surface area (Å²) in [5.41, 5.74) is 2.22. The zero-order valence-electron chi connectivity index (χ0n) is 14.1. The van der Waals surface area contributed by atoms with E-state index in [1.165, 1.54) is 6.42 Å². The second-order valence-electron chi connectivity index (χ2n) is 6.41. The fourth-order valence-corrected chi connectivity index (χ4v) is 3.03. The Bertz CT molecular complexity index is 640. The van der Waals surface area contributed by atoms with E-state index in [9.17, 15) is 0 Å². The third-order valence-electron chi connectivity index (χ3n) is 4.09. The van der Waals surface area contributed by atoms with Crippen LogP contribution in [0.4, 0.5) is 0 Å². The van der Waals surface area contributed by atoms with E-state index >= 15 is 0 Å². The Morgan fingerprint density at radius 2 is 2.00 bits per heavy atom. The fourth-order valence-electron chi connectivity index (χ4n) is 3.03. The molecule has 0 bridgehead atoms. The summed E-state index contributed by atoms with van der Waals surface area (Å²) in [4.78, 5) is 22.5. The summed E-state index contributed by atoms with van der Waals surface area (Å²) in [5.74, 6) is 1.75. The quantitative estimate of drug-likeness (QED) is 0.841. The molecule has 0 saturated carbocycles. The van der Waals surface area contributed by atoms with Crippen molar-refractivity contribution in [2.45, 2.75) is 38.9 Å². The molecule has 1 unspecified atom stereocenters. The second kappa shape index (κ2) is 7.10. The molecule has 23 heavy (non-hydrogen) atoms. The van der Waals surface area contributed by atoms with E-state index in [1.807, 2.05) is 31.6 Å². The number of nitrogens with zero attached hydrogens (tertiary/aromatic N) is 6. The van der Waals surface area contributed by atoms with Crippen molar-refractivity contribution in [1.82, 2.24) is 29.7 Å². The van der Waals surface area contributed by atoms with Crippen molar-refractivity contribution in [1.29, 1.82) is 0 Å². The highest BCUT2D eigenvalue weighted by atomic mass is 15.2. The van der Waals surface area contributed by atoms with E-state index in [0.29, 0.717) is 6.04 Å². The van der Waals surface area contributed by atoms with Crippen molar-refractivity contribution >= 4 is 0 Å². The summed E-state index contributed by atoms with van der Waals surface area (Å²) in [6, 6.07) is 2.29. The molecule has 6 nitrogen and oxygen atoms in total. The topological polar surface area (TPSA) is 58.0 Å². The second-order valence-corrected chi connectivity index (χ2v) is 6.41. The van der Waals surface area contributed by atoms with Gasteiger partial charge in [-0.1, -0.05) is 0 Å². The van der Waals surface area contributed by atoms with Gasteiger partial charge in [0.1, 0.15) is 11.6 Å². The zero-order chi connectivity index (χ0) is 16.2. The van der Waals surface area contributed by atoms with Crippen LogP contribution in [0.25, 0.3) is 0 Å². The van der Waals surface area contributed by atoms with Gasteiger partial charge in [-0.2, -0.15) is 0 Å². The van der Waals surface area contributed by atoms with Crippen LogP contribution in [0.3, 0.4) is 0 Å². The normalized spacial score (nSPS) is 18.7. The zero-order valence-corrected chi connectivity index (χ0v) is 14.1. The Morgan fingerprint density at radius 3 is 2.74 bits per heavy atom. The van der Waals surface area contributed by atoms with Crippen LogP contribution in [0.5, 0.6) is 0 Å². The van der Waals surface area contributed by atoms with E-state index in [0.717, 1.165) is 49.0 Å². The van der Waals surface area contributed by atoms with E-state index < -0.39 is 0 Å². The van der Waals surface area contributed by atoms with Crippen LogP contribution in [0.2, 0.25) is 0 Å². The van der Waals surface area contributed by atoms with Crippen molar-refractivity contribution in [2.24, 2.45) is 0 Å². The molecule has 1 aliphatic rings. The standard InChI is InChI=1S/C17H24N6/c1-13-19-9-14(10-20-13)11-23-8-4-5-16(23)17-18-7-6-15(21-17)12-22(2)3/h6-7,9-10,16H,4-5,8,11-12H2,1-3H3. The minimum absolute atomic E-state index is 0.290. The molecule has 3 heterocycles. The van der Waals surface area contributed by atoms with Crippen LogP contribution in [0.15, 0.2) is 24.7 Å². The Balaban J connectivity index is 1.74. The Labute approximate surface area is 137 Å². The summed E-state index contributed by atoms with van der Waals surface area (Å²) in [6.07, 6.45) is 8.01. The first-order chi connectivity index (χ1) is 11.1. The number of hydrogen-bond acceptors (Lipinski definition) is 6. The summed E-state index contributed by atoms with van der Waals surface area (Å²) in [6.45, 7) is 4.67. The van der Waals surface area contributed by atoms with Crippen molar-refractivity contribution < 1.29 is 0 Å². The van der Waals surface area contributed by atoms with Gasteiger partial charge in [-0.05, 0) is 46.5 Å². The van der Waals surface area contributed by atoms with Gasteiger partial charge in [0.25, 0.3) is 0 Å². The van der Waals surface area contributed by atoms with Crippen LogP contribution in [0.1, 0.15) is 41.8 Å². The molecule has 3 rings (SSSR count). The van der Waals surface area contributed by atoms with Crippen molar-refractivity contribution in [3.8, 4) is 0 Å². The molecule has 122 valence electrons. The van der Waals surface area contributed by atoms with Gasteiger partial charge in [0.15, 0.2) is 0 Å². The fraction of sp³-hybridized carbons (Fsp3) is 0.529. The highest BCUT2D eigenvalue weighted by molar-refractivity contribution is 5.10. The average Bonchev–Trinajstić information content (AvgIpc) is 2.97. The van der Waals surface area contributed by atoms with E-state index in [1.54, 1.807) is 0 Å². The molecule has 0 N–H and O–H groups in total. The lowest BCUT2D eigenvalue weighted by molar-refractivity contribution is 0.238. The third-order valence-corrected chi connectivity index (χ3v) is 4.09. The molecule has 1 fully saturated rings. The van der Waals surface area contributed by atoms with Crippen molar-refractivity contribution in [3.63, 3.8) is 0 Å². The van der Waals surface area contributed by atoms with E-state index in [2.05, 4.69) is 38.8 Å². The maximum absolute atomic E-state index is 4.78. The molecule has 1 saturated heterocycles. The van der Waals surface area contributed by atoms with Crippen LogP contribution >= 0.6 is 0 Å². The average molecular weight is 312 g/mol. The Hall–Kier alpha value is -1.92. The maximum atomic E-state index is 4.78. The number of hydrogen-bond donors (Lipinski definition) is 0. The van der Waals surface area contributed by atoms with E-state index in [4.69, 9.17) is 4.98 Å². The molecule has 6 heteroatoms. The first-order valence-corrected chi connectivity index (χ1v) is 8.10. The molecule has 0 radical (unpaired) electrons. The van der Waals surface area contributed by atoms with Crippen molar-refractivity contribution in [2.75, 3.05) is 20.6 Å². The predicted octanol–water partition coefficient (Wildman–Crippen LogP) is 1.97. The summed E-state index contributed by atoms with van der Waals surface area (Å²) >= 11 is 0. The van der Waals surface area contributed by atoms with Gasteiger partial charge < -0.3 is 4.90 Å².